The molecule has 3 aliphatic heterocycles. The van der Waals surface area contributed by atoms with Crippen molar-refractivity contribution in [3.05, 3.63) is 166 Å². The van der Waals surface area contributed by atoms with E-state index in [1.54, 1.807) is 0 Å². The van der Waals surface area contributed by atoms with Gasteiger partial charge in [-0.1, -0.05) is 116 Å². The topological polar surface area (TPSA) is 155 Å². The number of H-pyrrole nitrogens is 1. The van der Waals surface area contributed by atoms with Crippen LogP contribution in [0.2, 0.25) is 0 Å². The summed E-state index contributed by atoms with van der Waals surface area (Å²) < 4.78 is 20.8. The van der Waals surface area contributed by atoms with E-state index in [-0.39, 0.29) is 61.9 Å². The average Bonchev–Trinajstić information content (AvgIpc) is 3.79. The van der Waals surface area contributed by atoms with E-state index in [4.69, 9.17) is 14.2 Å². The lowest BCUT2D eigenvalue weighted by molar-refractivity contribution is -0.276. The second kappa shape index (κ2) is 18.5. The number of piperidine rings is 1. The molecule has 324 valence electrons. The molecular formula is C50H51N5O8. The molecule has 1 aromatic heterocycles. The number of aromatic nitrogens is 2. The van der Waals surface area contributed by atoms with Crippen molar-refractivity contribution in [3.63, 3.8) is 0 Å². The Balaban J connectivity index is 0.860. The number of hydrogen-bond donors (Lipinski definition) is 3. The predicted octanol–water partition coefficient (Wildman–Crippen LogP) is 7.17. The van der Waals surface area contributed by atoms with Crippen LogP contribution in [-0.2, 0) is 43.6 Å². The van der Waals surface area contributed by atoms with Crippen LogP contribution in [0.1, 0.15) is 72.4 Å². The maximum atomic E-state index is 13.3. The van der Waals surface area contributed by atoms with Gasteiger partial charge in [0.2, 0.25) is 5.91 Å². The van der Waals surface area contributed by atoms with Gasteiger partial charge in [-0.3, -0.25) is 19.1 Å². The number of imidazole rings is 1. The van der Waals surface area contributed by atoms with Crippen molar-refractivity contribution in [2.75, 3.05) is 19.6 Å². The molecule has 1 unspecified atom stereocenters. The molecule has 0 saturated carbocycles. The van der Waals surface area contributed by atoms with Gasteiger partial charge in [0.25, 0.3) is 5.91 Å². The third kappa shape index (κ3) is 9.23. The number of carbonyl (C=O) groups excluding carboxylic acids is 3. The van der Waals surface area contributed by atoms with E-state index in [9.17, 15) is 24.3 Å². The van der Waals surface area contributed by atoms with E-state index in [1.807, 2.05) is 132 Å². The standard InChI is InChI=1S/C50H51N5O8/c1-32-44(29-53-24-22-40(23-25-53)55-43-13-6-5-12-41(43)51-49(55)59)62-48(63-46(32)37-16-14-33(30-56)15-17-37)38-20-18-36(19-21-38)39-11-7-10-35(26-39)28-54-45(57)27-42(47(54)58)52-50(60)61-31-34-8-3-2-4-9-34/h2-21,26,32,40,42,44,46,48,56H,22-25,27-31H2,1H3,(H,51,59)(H,52,60)/t32-,42?,44+,46+,48+/m0/s1. The molecule has 6 aromatic rings. The Morgan fingerprint density at radius 1 is 0.794 bits per heavy atom. The maximum Gasteiger partial charge on any atom is 0.408 e. The van der Waals surface area contributed by atoms with E-state index in [1.165, 1.54) is 4.90 Å². The molecule has 3 saturated heterocycles. The van der Waals surface area contributed by atoms with Gasteiger partial charge in [-0.25, -0.2) is 9.59 Å². The number of hydrogen-bond acceptors (Lipinski definition) is 9. The summed E-state index contributed by atoms with van der Waals surface area (Å²) in [6.07, 6.45) is -0.228. The van der Waals surface area contributed by atoms with Crippen LogP contribution in [-0.4, -0.2) is 74.1 Å². The fourth-order valence-corrected chi connectivity index (χ4v) is 9.11. The van der Waals surface area contributed by atoms with Crippen molar-refractivity contribution >= 4 is 28.9 Å². The maximum absolute atomic E-state index is 13.3. The number of benzene rings is 5. The van der Waals surface area contributed by atoms with Crippen LogP contribution in [0, 0.1) is 5.92 Å². The molecule has 9 rings (SSSR count). The molecular weight excluding hydrogens is 799 g/mol. The predicted molar refractivity (Wildman–Crippen MR) is 236 cm³/mol. The number of aromatic amines is 1. The van der Waals surface area contributed by atoms with Crippen molar-refractivity contribution < 1.29 is 33.7 Å². The minimum atomic E-state index is -0.988. The summed E-state index contributed by atoms with van der Waals surface area (Å²) in [7, 11) is 0. The Kier molecular flexibility index (Phi) is 12.3. The van der Waals surface area contributed by atoms with Gasteiger partial charge in [0.1, 0.15) is 12.6 Å². The number of aliphatic hydroxyl groups is 1. The molecule has 3 N–H and O–H groups in total. The lowest BCUT2D eigenvalue weighted by atomic mass is 9.89. The normalized spacial score (nSPS) is 22.1. The lowest BCUT2D eigenvalue weighted by Gasteiger charge is -2.44. The molecule has 0 bridgehead atoms. The molecule has 3 fully saturated rings. The second-order valence-electron chi connectivity index (χ2n) is 16.8. The Morgan fingerprint density at radius 2 is 1.51 bits per heavy atom. The van der Waals surface area contributed by atoms with Crippen molar-refractivity contribution in [2.24, 2.45) is 5.92 Å². The van der Waals surface area contributed by atoms with Gasteiger partial charge in [-0.15, -0.1) is 0 Å². The highest BCUT2D eigenvalue weighted by Crippen LogP contribution is 2.42. The molecule has 0 spiro atoms. The molecule has 3 amide bonds. The highest BCUT2D eigenvalue weighted by molar-refractivity contribution is 6.06. The van der Waals surface area contributed by atoms with Crippen molar-refractivity contribution in [3.8, 4) is 11.1 Å². The van der Waals surface area contributed by atoms with Crippen LogP contribution in [0.5, 0.6) is 0 Å². The Hall–Kier alpha value is -6.38. The van der Waals surface area contributed by atoms with Crippen LogP contribution in [0.3, 0.4) is 0 Å². The molecule has 13 nitrogen and oxygen atoms in total. The van der Waals surface area contributed by atoms with Gasteiger partial charge >= 0.3 is 11.8 Å². The fraction of sp³-hybridized carbons (Fsp3) is 0.320. The monoisotopic (exact) mass is 849 g/mol. The highest BCUT2D eigenvalue weighted by Gasteiger charge is 2.41. The third-order valence-corrected chi connectivity index (χ3v) is 12.6. The molecule has 0 aliphatic carbocycles. The first-order valence-corrected chi connectivity index (χ1v) is 21.6. The van der Waals surface area contributed by atoms with E-state index in [0.29, 0.717) is 6.54 Å². The SMILES string of the molecule is C[C@H]1[C@@H](CN2CCC(n3c(=O)[nH]c4ccccc43)CC2)O[C@@H](c2ccc(-c3cccc(CN4C(=O)CC(NC(=O)OCc5ccccc5)C4=O)c3)cc2)O[C@H]1c1ccc(CO)cc1. The quantitative estimate of drug-likeness (QED) is 0.109. The molecule has 63 heavy (non-hydrogen) atoms. The number of carbonyl (C=O) groups is 3. The van der Waals surface area contributed by atoms with Crippen LogP contribution in [0.15, 0.2) is 132 Å². The van der Waals surface area contributed by atoms with E-state index < -0.39 is 24.3 Å². The highest BCUT2D eigenvalue weighted by atomic mass is 16.7. The number of para-hydroxylation sites is 2. The average molecular weight is 850 g/mol. The summed E-state index contributed by atoms with van der Waals surface area (Å²) in [5.41, 5.74) is 7.89. The molecule has 5 aromatic carbocycles. The van der Waals surface area contributed by atoms with Crippen LogP contribution < -0.4 is 11.0 Å². The zero-order chi connectivity index (χ0) is 43.5. The van der Waals surface area contributed by atoms with Crippen molar-refractivity contribution in [1.82, 2.24) is 24.7 Å². The number of likely N-dealkylation sites (tertiary alicyclic amines) is 2. The first-order chi connectivity index (χ1) is 30.7. The van der Waals surface area contributed by atoms with Crippen LogP contribution in [0.25, 0.3) is 22.2 Å². The third-order valence-electron chi connectivity index (χ3n) is 12.6. The van der Waals surface area contributed by atoms with Crippen molar-refractivity contribution in [1.29, 1.82) is 0 Å². The zero-order valence-corrected chi connectivity index (χ0v) is 35.1. The Morgan fingerprint density at radius 3 is 2.27 bits per heavy atom. The minimum absolute atomic E-state index is 0.0195. The summed E-state index contributed by atoms with van der Waals surface area (Å²) in [6.45, 7) is 4.64. The van der Waals surface area contributed by atoms with E-state index in [0.717, 1.165) is 75.9 Å². The first kappa shape index (κ1) is 41.9. The molecule has 4 heterocycles. The number of nitrogens with zero attached hydrogens (tertiary/aromatic N) is 3. The van der Waals surface area contributed by atoms with Gasteiger partial charge in [0, 0.05) is 37.2 Å². The lowest BCUT2D eigenvalue weighted by Crippen LogP contribution is -2.47. The number of nitrogens with one attached hydrogen (secondary N) is 2. The zero-order valence-electron chi connectivity index (χ0n) is 35.1. The van der Waals surface area contributed by atoms with E-state index in [2.05, 4.69) is 22.1 Å². The van der Waals surface area contributed by atoms with Gasteiger partial charge in [0.05, 0.1) is 42.8 Å². The van der Waals surface area contributed by atoms with Crippen LogP contribution in [0.4, 0.5) is 4.79 Å². The number of rotatable bonds is 12. The number of imide groups is 1. The summed E-state index contributed by atoms with van der Waals surface area (Å²) in [5, 5.41) is 12.3. The van der Waals surface area contributed by atoms with Gasteiger partial charge in [-0.2, -0.15) is 0 Å². The fourth-order valence-electron chi connectivity index (χ4n) is 9.11. The second-order valence-corrected chi connectivity index (χ2v) is 16.8. The number of alkyl carbamates (subject to hydrolysis) is 1. The summed E-state index contributed by atoms with van der Waals surface area (Å²) in [5.74, 6) is -0.815. The number of ether oxygens (including phenoxy) is 3. The minimum Gasteiger partial charge on any atom is -0.445 e. The largest absolute Gasteiger partial charge is 0.445 e. The van der Waals surface area contributed by atoms with E-state index >= 15 is 0 Å². The molecule has 3 aliphatic rings. The van der Waals surface area contributed by atoms with Crippen molar-refractivity contribution in [2.45, 2.75) is 76.5 Å². The molecule has 0 radical (unpaired) electrons. The van der Waals surface area contributed by atoms with Gasteiger partial charge in [0.15, 0.2) is 6.29 Å². The van der Waals surface area contributed by atoms with Crippen LogP contribution >= 0.6 is 0 Å². The number of fused-ring (bicyclic) bond motifs is 1. The Bertz CT molecular complexity index is 2620. The smallest absolute Gasteiger partial charge is 0.408 e. The number of aliphatic hydroxyl groups excluding tert-OH is 1. The molecule has 5 atom stereocenters. The van der Waals surface area contributed by atoms with Gasteiger partial charge in [-0.05, 0) is 64.4 Å². The summed E-state index contributed by atoms with van der Waals surface area (Å²) in [6, 6.07) is 39.9. The summed E-state index contributed by atoms with van der Waals surface area (Å²) in [4.78, 5) is 58.3. The molecule has 13 heteroatoms. The first-order valence-electron chi connectivity index (χ1n) is 21.6. The van der Waals surface area contributed by atoms with Gasteiger partial charge < -0.3 is 34.5 Å². The number of amides is 3. The Labute approximate surface area is 365 Å². The summed E-state index contributed by atoms with van der Waals surface area (Å²) >= 11 is 0.